The summed E-state index contributed by atoms with van der Waals surface area (Å²) < 4.78 is 0. The predicted molar refractivity (Wildman–Crippen MR) is 47.3 cm³/mol. The van der Waals surface area contributed by atoms with E-state index in [0.717, 1.165) is 17.8 Å². The second kappa shape index (κ2) is 2.84. The molecule has 2 aliphatic carbocycles. The topological polar surface area (TPSA) is 0 Å². The Morgan fingerprint density at radius 2 is 2.10 bits per heavy atom. The molecule has 2 bridgehead atoms. The summed E-state index contributed by atoms with van der Waals surface area (Å²) in [6.45, 7) is 0. The van der Waals surface area contributed by atoms with E-state index in [1.807, 2.05) is 0 Å². The summed E-state index contributed by atoms with van der Waals surface area (Å²) in [6, 6.07) is 0. The maximum atomic E-state index is 3.53. The first-order valence-corrected chi connectivity index (χ1v) is 5.58. The van der Waals surface area contributed by atoms with Crippen LogP contribution < -0.4 is 0 Å². The van der Waals surface area contributed by atoms with E-state index in [9.17, 15) is 0 Å². The van der Waals surface area contributed by atoms with E-state index >= 15 is 0 Å². The third kappa shape index (κ3) is 1.13. The number of rotatable bonds is 2. The molecule has 0 heterocycles. The molecule has 0 nitrogen and oxygen atoms in total. The van der Waals surface area contributed by atoms with Gasteiger partial charge in [-0.1, -0.05) is 22.4 Å². The molecular formula is C9H15Br. The zero-order chi connectivity index (χ0) is 6.97. The fourth-order valence-corrected chi connectivity index (χ4v) is 3.46. The van der Waals surface area contributed by atoms with E-state index in [1.165, 1.54) is 11.8 Å². The van der Waals surface area contributed by atoms with Crippen molar-refractivity contribution in [3.8, 4) is 0 Å². The minimum atomic E-state index is 1.10. The SMILES string of the molecule is BrCCC1C[C@@H]2CC[C@H]1C2. The predicted octanol–water partition coefficient (Wildman–Crippen LogP) is 3.21. The fraction of sp³-hybridized carbons (Fsp3) is 1.00. The molecule has 0 aromatic heterocycles. The van der Waals surface area contributed by atoms with Crippen molar-refractivity contribution in [3.63, 3.8) is 0 Å². The molecule has 10 heavy (non-hydrogen) atoms. The molecule has 1 unspecified atom stereocenters. The average Bonchev–Trinajstić information content (AvgIpc) is 2.48. The van der Waals surface area contributed by atoms with Crippen molar-refractivity contribution in [2.24, 2.45) is 17.8 Å². The Morgan fingerprint density at radius 1 is 1.20 bits per heavy atom. The molecule has 1 heteroatoms. The van der Waals surface area contributed by atoms with Gasteiger partial charge in [0.05, 0.1) is 0 Å². The van der Waals surface area contributed by atoms with Gasteiger partial charge in [0.1, 0.15) is 0 Å². The Labute approximate surface area is 71.5 Å². The first-order valence-electron chi connectivity index (χ1n) is 4.46. The van der Waals surface area contributed by atoms with Gasteiger partial charge >= 0.3 is 0 Å². The van der Waals surface area contributed by atoms with Gasteiger partial charge in [0.25, 0.3) is 0 Å². The van der Waals surface area contributed by atoms with Gasteiger partial charge in [0, 0.05) is 5.33 Å². The number of hydrogen-bond donors (Lipinski definition) is 0. The number of fused-ring (bicyclic) bond motifs is 2. The number of halogens is 1. The lowest BCUT2D eigenvalue weighted by Gasteiger charge is -2.19. The lowest BCUT2D eigenvalue weighted by atomic mass is 9.87. The van der Waals surface area contributed by atoms with Crippen molar-refractivity contribution >= 4 is 15.9 Å². The van der Waals surface area contributed by atoms with Gasteiger partial charge in [-0.3, -0.25) is 0 Å². The Bertz CT molecular complexity index is 122. The van der Waals surface area contributed by atoms with Crippen molar-refractivity contribution in [1.29, 1.82) is 0 Å². The Hall–Kier alpha value is 0.480. The summed E-state index contributed by atoms with van der Waals surface area (Å²) in [5, 5.41) is 1.22. The number of hydrogen-bond acceptors (Lipinski definition) is 0. The van der Waals surface area contributed by atoms with Crippen LogP contribution >= 0.6 is 15.9 Å². The normalized spacial score (nSPS) is 44.7. The summed E-state index contributed by atoms with van der Waals surface area (Å²) >= 11 is 3.53. The van der Waals surface area contributed by atoms with E-state index in [2.05, 4.69) is 15.9 Å². The van der Waals surface area contributed by atoms with Gasteiger partial charge < -0.3 is 0 Å². The minimum Gasteiger partial charge on any atom is -0.0928 e. The molecule has 58 valence electrons. The highest BCUT2D eigenvalue weighted by molar-refractivity contribution is 9.09. The molecule has 0 aromatic rings. The first kappa shape index (κ1) is 7.15. The Balaban J connectivity index is 1.90. The zero-order valence-corrected chi connectivity index (χ0v) is 7.94. The van der Waals surface area contributed by atoms with Crippen LogP contribution in [0.4, 0.5) is 0 Å². The van der Waals surface area contributed by atoms with Gasteiger partial charge in [0.15, 0.2) is 0 Å². The van der Waals surface area contributed by atoms with E-state index in [1.54, 1.807) is 25.7 Å². The summed E-state index contributed by atoms with van der Waals surface area (Å²) in [6.07, 6.45) is 7.64. The summed E-state index contributed by atoms with van der Waals surface area (Å²) in [5.41, 5.74) is 0. The summed E-state index contributed by atoms with van der Waals surface area (Å²) in [7, 11) is 0. The first-order chi connectivity index (χ1) is 4.90. The maximum Gasteiger partial charge on any atom is 0.00340 e. The molecule has 0 saturated heterocycles. The quantitative estimate of drug-likeness (QED) is 0.604. The van der Waals surface area contributed by atoms with Crippen LogP contribution in [0.2, 0.25) is 0 Å². The Kier molecular flexibility index (Phi) is 2.03. The second-order valence-corrected chi connectivity index (χ2v) is 4.71. The Morgan fingerprint density at radius 3 is 2.60 bits per heavy atom. The molecule has 0 N–H and O–H groups in total. The molecular weight excluding hydrogens is 188 g/mol. The van der Waals surface area contributed by atoms with Crippen LogP contribution in [0.5, 0.6) is 0 Å². The van der Waals surface area contributed by atoms with Gasteiger partial charge in [0.2, 0.25) is 0 Å². The van der Waals surface area contributed by atoms with Crippen LogP contribution in [-0.2, 0) is 0 Å². The lowest BCUT2D eigenvalue weighted by molar-refractivity contribution is 0.327. The van der Waals surface area contributed by atoms with Crippen LogP contribution in [0.3, 0.4) is 0 Å². The monoisotopic (exact) mass is 202 g/mol. The molecule has 3 atom stereocenters. The maximum absolute atomic E-state index is 3.53. The van der Waals surface area contributed by atoms with E-state index in [-0.39, 0.29) is 0 Å². The molecule has 2 fully saturated rings. The number of alkyl halides is 1. The summed E-state index contributed by atoms with van der Waals surface area (Å²) in [5.74, 6) is 3.36. The third-order valence-electron chi connectivity index (χ3n) is 3.36. The minimum absolute atomic E-state index is 1.10. The summed E-state index contributed by atoms with van der Waals surface area (Å²) in [4.78, 5) is 0. The van der Waals surface area contributed by atoms with Crippen LogP contribution in [0.25, 0.3) is 0 Å². The highest BCUT2D eigenvalue weighted by Gasteiger charge is 2.38. The molecule has 2 saturated carbocycles. The van der Waals surface area contributed by atoms with Crippen LogP contribution in [0.1, 0.15) is 32.1 Å². The van der Waals surface area contributed by atoms with E-state index in [0.29, 0.717) is 0 Å². The molecule has 0 spiro atoms. The lowest BCUT2D eigenvalue weighted by Crippen LogP contribution is -2.10. The van der Waals surface area contributed by atoms with Crippen molar-refractivity contribution in [2.45, 2.75) is 32.1 Å². The van der Waals surface area contributed by atoms with Crippen molar-refractivity contribution in [3.05, 3.63) is 0 Å². The largest absolute Gasteiger partial charge is 0.0928 e. The van der Waals surface area contributed by atoms with Crippen LogP contribution in [0, 0.1) is 17.8 Å². The van der Waals surface area contributed by atoms with Crippen molar-refractivity contribution in [2.75, 3.05) is 5.33 Å². The van der Waals surface area contributed by atoms with Crippen LogP contribution in [-0.4, -0.2) is 5.33 Å². The van der Waals surface area contributed by atoms with Gasteiger partial charge in [-0.2, -0.15) is 0 Å². The molecule has 0 radical (unpaired) electrons. The van der Waals surface area contributed by atoms with Crippen LogP contribution in [0.15, 0.2) is 0 Å². The van der Waals surface area contributed by atoms with Crippen molar-refractivity contribution in [1.82, 2.24) is 0 Å². The molecule has 0 aromatic carbocycles. The highest BCUT2D eigenvalue weighted by Crippen LogP contribution is 2.49. The zero-order valence-electron chi connectivity index (χ0n) is 6.35. The van der Waals surface area contributed by atoms with E-state index < -0.39 is 0 Å². The molecule has 0 amide bonds. The van der Waals surface area contributed by atoms with Gasteiger partial charge in [-0.25, -0.2) is 0 Å². The van der Waals surface area contributed by atoms with Crippen molar-refractivity contribution < 1.29 is 0 Å². The average molecular weight is 203 g/mol. The highest BCUT2D eigenvalue weighted by atomic mass is 79.9. The molecule has 0 aliphatic heterocycles. The second-order valence-electron chi connectivity index (χ2n) is 3.91. The molecule has 2 aliphatic rings. The smallest absolute Gasteiger partial charge is 0.00340 e. The van der Waals surface area contributed by atoms with Gasteiger partial charge in [-0.15, -0.1) is 0 Å². The molecule has 2 rings (SSSR count). The van der Waals surface area contributed by atoms with Gasteiger partial charge in [-0.05, 0) is 43.4 Å². The third-order valence-corrected chi connectivity index (χ3v) is 3.82. The standard InChI is InChI=1S/C9H15Br/c10-4-3-9-6-7-1-2-8(9)5-7/h7-9H,1-6H2/t7-,8+,9?/m1/s1. The fourth-order valence-electron chi connectivity index (χ4n) is 2.87. The van der Waals surface area contributed by atoms with E-state index in [4.69, 9.17) is 0 Å².